The molecule has 114 valence electrons. The minimum atomic E-state index is 0.656. The summed E-state index contributed by atoms with van der Waals surface area (Å²) in [6, 6.07) is 11.5. The van der Waals surface area contributed by atoms with Crippen LogP contribution in [0.5, 0.6) is 5.75 Å². The molecule has 3 rings (SSSR count). The molecule has 0 saturated heterocycles. The van der Waals surface area contributed by atoms with Crippen LogP contribution in [0.1, 0.15) is 0 Å². The molecular weight excluding hydrogens is 300 g/mol. The number of benzene rings is 2. The van der Waals surface area contributed by atoms with Crippen LogP contribution in [-0.2, 0) is 0 Å². The number of aromatic nitrogens is 1. The minimum absolute atomic E-state index is 0.656. The highest BCUT2D eigenvalue weighted by Crippen LogP contribution is 2.33. The Hall–Kier alpha value is -2.08. The van der Waals surface area contributed by atoms with Gasteiger partial charge in [0.25, 0.3) is 0 Å². The maximum Gasteiger partial charge on any atom is 0.119 e. The Balaban J connectivity index is 2.24. The Morgan fingerprint density at radius 2 is 1.95 bits per heavy atom. The third-order valence-electron chi connectivity index (χ3n) is 3.51. The van der Waals surface area contributed by atoms with Crippen LogP contribution < -0.4 is 21.3 Å². The van der Waals surface area contributed by atoms with Crippen molar-refractivity contribution >= 4 is 39.1 Å². The first-order valence-corrected chi connectivity index (χ1v) is 7.35. The van der Waals surface area contributed by atoms with Crippen molar-refractivity contribution in [2.45, 2.75) is 0 Å². The fourth-order valence-corrected chi connectivity index (χ4v) is 2.64. The number of nitrogens with zero attached hydrogens (tertiary/aromatic N) is 1. The van der Waals surface area contributed by atoms with Crippen LogP contribution in [0.15, 0.2) is 36.4 Å². The molecule has 0 unspecified atom stereocenters. The van der Waals surface area contributed by atoms with Gasteiger partial charge in [-0.05, 0) is 36.4 Å². The third-order valence-corrected chi connectivity index (χ3v) is 3.75. The molecule has 0 atom stereocenters. The molecule has 3 aromatic rings. The number of fused-ring (bicyclic) bond motifs is 2. The average molecular weight is 317 g/mol. The summed E-state index contributed by atoms with van der Waals surface area (Å²) in [4.78, 5) is 4.68. The van der Waals surface area contributed by atoms with Crippen LogP contribution >= 0.6 is 11.6 Å². The highest BCUT2D eigenvalue weighted by Gasteiger charge is 2.10. The summed E-state index contributed by atoms with van der Waals surface area (Å²) < 4.78 is 5.33. The molecule has 22 heavy (non-hydrogen) atoms. The number of ether oxygens (including phenoxy) is 1. The van der Waals surface area contributed by atoms with Crippen LogP contribution in [0.3, 0.4) is 0 Å². The van der Waals surface area contributed by atoms with E-state index in [-0.39, 0.29) is 0 Å². The standard InChI is InChI=1S/C16H17ClN4O/c1-22-11-3-5-14-13(9-11)16(19-6-7-20-18)12-4-2-10(17)8-15(12)21-14/h2-5,8-9,20H,6-7,18H2,1H3,(H,19,21). The molecule has 0 amide bonds. The lowest BCUT2D eigenvalue weighted by Gasteiger charge is -2.14. The zero-order valence-electron chi connectivity index (χ0n) is 12.2. The number of hydrazine groups is 1. The molecule has 0 aliphatic rings. The number of hydrogen-bond donors (Lipinski definition) is 3. The second-order valence-corrected chi connectivity index (χ2v) is 5.35. The zero-order valence-corrected chi connectivity index (χ0v) is 12.9. The van der Waals surface area contributed by atoms with Crippen molar-refractivity contribution in [3.63, 3.8) is 0 Å². The second kappa shape index (κ2) is 6.36. The van der Waals surface area contributed by atoms with Gasteiger partial charge in [0.05, 0.1) is 23.8 Å². The monoisotopic (exact) mass is 316 g/mol. The van der Waals surface area contributed by atoms with Crippen molar-refractivity contribution in [3.8, 4) is 5.75 Å². The van der Waals surface area contributed by atoms with Crippen LogP contribution in [0, 0.1) is 0 Å². The number of hydrogen-bond acceptors (Lipinski definition) is 5. The van der Waals surface area contributed by atoms with Crippen molar-refractivity contribution < 1.29 is 4.74 Å². The molecule has 2 aromatic carbocycles. The zero-order chi connectivity index (χ0) is 15.5. The first kappa shape index (κ1) is 14.8. The van der Waals surface area contributed by atoms with E-state index in [9.17, 15) is 0 Å². The molecule has 1 heterocycles. The predicted octanol–water partition coefficient (Wildman–Crippen LogP) is 2.93. The normalized spacial score (nSPS) is 11.0. The maximum absolute atomic E-state index is 6.09. The maximum atomic E-state index is 6.09. The Kier molecular flexibility index (Phi) is 4.29. The fraction of sp³-hybridized carbons (Fsp3) is 0.188. The van der Waals surface area contributed by atoms with Crippen LogP contribution in [0.2, 0.25) is 5.02 Å². The molecule has 1 aromatic heterocycles. The highest BCUT2D eigenvalue weighted by atomic mass is 35.5. The van der Waals surface area contributed by atoms with E-state index in [1.165, 1.54) is 0 Å². The topological polar surface area (TPSA) is 72.2 Å². The quantitative estimate of drug-likeness (QED) is 0.292. The van der Waals surface area contributed by atoms with Crippen molar-refractivity contribution in [1.82, 2.24) is 10.4 Å². The van der Waals surface area contributed by atoms with Crippen LogP contribution in [0.25, 0.3) is 21.8 Å². The molecule has 5 nitrogen and oxygen atoms in total. The van der Waals surface area contributed by atoms with Gasteiger partial charge in [0.2, 0.25) is 0 Å². The average Bonchev–Trinajstić information content (AvgIpc) is 2.53. The molecule has 0 spiro atoms. The number of halogens is 1. The largest absolute Gasteiger partial charge is 0.497 e. The molecule has 6 heteroatoms. The SMILES string of the molecule is COc1ccc2nc3cc(Cl)ccc3c(NCCNN)c2c1. The van der Waals surface area contributed by atoms with E-state index in [4.69, 9.17) is 22.2 Å². The van der Waals surface area contributed by atoms with E-state index in [1.807, 2.05) is 36.4 Å². The summed E-state index contributed by atoms with van der Waals surface area (Å²) in [5.41, 5.74) is 5.39. The minimum Gasteiger partial charge on any atom is -0.497 e. The Bertz CT molecular complexity index is 822. The summed E-state index contributed by atoms with van der Waals surface area (Å²) in [6.07, 6.45) is 0. The van der Waals surface area contributed by atoms with E-state index < -0.39 is 0 Å². The molecule has 0 fully saturated rings. The van der Waals surface area contributed by atoms with Gasteiger partial charge in [0.15, 0.2) is 0 Å². The van der Waals surface area contributed by atoms with E-state index in [0.717, 1.165) is 33.2 Å². The van der Waals surface area contributed by atoms with Gasteiger partial charge in [-0.1, -0.05) is 11.6 Å². The molecule has 4 N–H and O–H groups in total. The van der Waals surface area contributed by atoms with Gasteiger partial charge >= 0.3 is 0 Å². The summed E-state index contributed by atoms with van der Waals surface area (Å²) in [5, 5.41) is 6.11. The third kappa shape index (κ3) is 2.78. The Morgan fingerprint density at radius 3 is 2.73 bits per heavy atom. The van der Waals surface area contributed by atoms with Gasteiger partial charge < -0.3 is 10.1 Å². The molecule has 0 saturated carbocycles. The van der Waals surface area contributed by atoms with Gasteiger partial charge in [0, 0.05) is 28.9 Å². The lowest BCUT2D eigenvalue weighted by atomic mass is 10.1. The molecule has 0 aliphatic heterocycles. The smallest absolute Gasteiger partial charge is 0.119 e. The number of anilines is 1. The molecule has 0 aliphatic carbocycles. The van der Waals surface area contributed by atoms with Crippen LogP contribution in [-0.4, -0.2) is 25.2 Å². The molecule has 0 bridgehead atoms. The first-order valence-electron chi connectivity index (χ1n) is 6.97. The second-order valence-electron chi connectivity index (χ2n) is 4.91. The molecular formula is C16H17ClN4O. The van der Waals surface area contributed by atoms with Crippen molar-refractivity contribution in [2.75, 3.05) is 25.5 Å². The van der Waals surface area contributed by atoms with Gasteiger partial charge in [-0.15, -0.1) is 0 Å². The first-order chi connectivity index (χ1) is 10.7. The van der Waals surface area contributed by atoms with E-state index in [2.05, 4.69) is 15.7 Å². The Labute approximate surface area is 133 Å². The molecule has 0 radical (unpaired) electrons. The van der Waals surface area contributed by atoms with E-state index in [1.54, 1.807) is 7.11 Å². The van der Waals surface area contributed by atoms with Gasteiger partial charge in [0.1, 0.15) is 5.75 Å². The van der Waals surface area contributed by atoms with Crippen molar-refractivity contribution in [2.24, 2.45) is 5.84 Å². The van der Waals surface area contributed by atoms with Gasteiger partial charge in [-0.3, -0.25) is 11.3 Å². The Morgan fingerprint density at radius 1 is 1.09 bits per heavy atom. The lowest BCUT2D eigenvalue weighted by molar-refractivity contribution is 0.415. The van der Waals surface area contributed by atoms with E-state index >= 15 is 0 Å². The number of pyridine rings is 1. The summed E-state index contributed by atoms with van der Waals surface area (Å²) in [6.45, 7) is 1.35. The number of rotatable bonds is 5. The van der Waals surface area contributed by atoms with E-state index in [0.29, 0.717) is 18.1 Å². The number of nitrogens with one attached hydrogen (secondary N) is 2. The van der Waals surface area contributed by atoms with Crippen molar-refractivity contribution in [1.29, 1.82) is 0 Å². The summed E-state index contributed by atoms with van der Waals surface area (Å²) >= 11 is 6.09. The summed E-state index contributed by atoms with van der Waals surface area (Å²) in [5.74, 6) is 6.14. The van der Waals surface area contributed by atoms with Gasteiger partial charge in [-0.2, -0.15) is 0 Å². The highest BCUT2D eigenvalue weighted by molar-refractivity contribution is 6.31. The lowest BCUT2D eigenvalue weighted by Crippen LogP contribution is -2.28. The fourth-order valence-electron chi connectivity index (χ4n) is 2.47. The van der Waals surface area contributed by atoms with Crippen molar-refractivity contribution in [3.05, 3.63) is 41.4 Å². The van der Waals surface area contributed by atoms with Gasteiger partial charge in [-0.25, -0.2) is 4.98 Å². The number of methoxy groups -OCH3 is 1. The predicted molar refractivity (Wildman–Crippen MR) is 91.5 cm³/mol. The number of nitrogens with two attached hydrogens (primary N) is 1. The van der Waals surface area contributed by atoms with Crippen LogP contribution in [0.4, 0.5) is 5.69 Å². The summed E-state index contributed by atoms with van der Waals surface area (Å²) in [7, 11) is 1.65.